The maximum Gasteiger partial charge on any atom is 0.335 e. The summed E-state index contributed by atoms with van der Waals surface area (Å²) in [5.74, 6) is -0.889. The fraction of sp³-hybridized carbons (Fsp3) is 0.190. The van der Waals surface area contributed by atoms with Gasteiger partial charge in [0.15, 0.2) is 0 Å². The SMILES string of the molecule is O=C(O)c1ccc2c(c1)C(=C1CCCCN1)c1ccccc1C=C2. The van der Waals surface area contributed by atoms with E-state index in [-0.39, 0.29) is 0 Å². The van der Waals surface area contributed by atoms with E-state index in [9.17, 15) is 9.90 Å². The summed E-state index contributed by atoms with van der Waals surface area (Å²) < 4.78 is 0. The highest BCUT2D eigenvalue weighted by molar-refractivity contribution is 5.97. The van der Waals surface area contributed by atoms with Crippen molar-refractivity contribution in [3.63, 3.8) is 0 Å². The summed E-state index contributed by atoms with van der Waals surface area (Å²) in [5, 5.41) is 13.0. The summed E-state index contributed by atoms with van der Waals surface area (Å²) >= 11 is 0. The molecule has 2 aromatic rings. The Labute approximate surface area is 141 Å². The van der Waals surface area contributed by atoms with Crippen molar-refractivity contribution in [3.05, 3.63) is 76.0 Å². The molecule has 1 fully saturated rings. The van der Waals surface area contributed by atoms with Crippen LogP contribution in [0.1, 0.15) is 51.9 Å². The number of fused-ring (bicyclic) bond motifs is 2. The average Bonchev–Trinajstić information content (AvgIpc) is 2.78. The van der Waals surface area contributed by atoms with Crippen LogP contribution in [0.25, 0.3) is 17.7 Å². The first kappa shape index (κ1) is 14.8. The lowest BCUT2D eigenvalue weighted by molar-refractivity contribution is 0.0697. The Hall–Kier alpha value is -2.81. The Balaban J connectivity index is 2.01. The second-order valence-corrected chi connectivity index (χ2v) is 6.27. The normalized spacial score (nSPS) is 19.0. The third-order valence-electron chi connectivity index (χ3n) is 4.74. The third kappa shape index (κ3) is 2.52. The summed E-state index contributed by atoms with van der Waals surface area (Å²) in [5.41, 5.74) is 7.09. The van der Waals surface area contributed by atoms with Gasteiger partial charge < -0.3 is 10.4 Å². The van der Waals surface area contributed by atoms with Crippen molar-refractivity contribution in [2.24, 2.45) is 0 Å². The Bertz CT molecular complexity index is 869. The molecule has 24 heavy (non-hydrogen) atoms. The minimum Gasteiger partial charge on any atom is -0.478 e. The van der Waals surface area contributed by atoms with E-state index < -0.39 is 5.97 Å². The van der Waals surface area contributed by atoms with Crippen LogP contribution in [0.5, 0.6) is 0 Å². The molecule has 2 aliphatic rings. The molecule has 3 heteroatoms. The van der Waals surface area contributed by atoms with Gasteiger partial charge in [-0.3, -0.25) is 0 Å². The first-order valence-electron chi connectivity index (χ1n) is 8.36. The molecule has 0 amide bonds. The van der Waals surface area contributed by atoms with E-state index in [4.69, 9.17) is 0 Å². The maximum absolute atomic E-state index is 11.5. The molecule has 0 saturated carbocycles. The van der Waals surface area contributed by atoms with Crippen LogP contribution < -0.4 is 5.32 Å². The van der Waals surface area contributed by atoms with Crippen molar-refractivity contribution in [3.8, 4) is 0 Å². The molecule has 3 nitrogen and oxygen atoms in total. The lowest BCUT2D eigenvalue weighted by Gasteiger charge is -2.23. The van der Waals surface area contributed by atoms with Crippen LogP contribution in [0, 0.1) is 0 Å². The van der Waals surface area contributed by atoms with Gasteiger partial charge in [0.1, 0.15) is 0 Å². The van der Waals surface area contributed by atoms with Gasteiger partial charge in [-0.05, 0) is 53.6 Å². The van der Waals surface area contributed by atoms with E-state index in [2.05, 4.69) is 29.6 Å². The van der Waals surface area contributed by atoms with Crippen LogP contribution >= 0.6 is 0 Å². The van der Waals surface area contributed by atoms with Crippen molar-refractivity contribution < 1.29 is 9.90 Å². The Kier molecular flexibility index (Phi) is 3.69. The van der Waals surface area contributed by atoms with Gasteiger partial charge in [0.25, 0.3) is 0 Å². The maximum atomic E-state index is 11.5. The van der Waals surface area contributed by atoms with E-state index >= 15 is 0 Å². The first-order chi connectivity index (χ1) is 11.7. The number of nitrogens with one attached hydrogen (secondary N) is 1. The molecule has 2 aromatic carbocycles. The molecule has 1 aliphatic heterocycles. The van der Waals surface area contributed by atoms with Gasteiger partial charge in [-0.15, -0.1) is 0 Å². The number of carboxylic acid groups (broad SMARTS) is 1. The quantitative estimate of drug-likeness (QED) is 0.699. The topological polar surface area (TPSA) is 49.3 Å². The highest BCUT2D eigenvalue weighted by Crippen LogP contribution is 2.37. The minimum absolute atomic E-state index is 0.329. The fourth-order valence-electron chi connectivity index (χ4n) is 3.54. The number of carbonyl (C=O) groups is 1. The molecule has 0 radical (unpaired) electrons. The van der Waals surface area contributed by atoms with Crippen molar-refractivity contribution in [1.82, 2.24) is 5.32 Å². The zero-order valence-electron chi connectivity index (χ0n) is 13.4. The smallest absolute Gasteiger partial charge is 0.335 e. The molecular weight excluding hydrogens is 298 g/mol. The molecule has 0 bridgehead atoms. The van der Waals surface area contributed by atoms with E-state index in [1.165, 1.54) is 23.2 Å². The molecule has 1 heterocycles. The number of carboxylic acids is 1. The number of rotatable bonds is 1. The van der Waals surface area contributed by atoms with Crippen LogP contribution in [-0.4, -0.2) is 17.6 Å². The third-order valence-corrected chi connectivity index (χ3v) is 4.74. The van der Waals surface area contributed by atoms with Crippen LogP contribution in [0.2, 0.25) is 0 Å². The standard InChI is InChI=1S/C21H19NO2/c23-21(24)16-11-10-15-9-8-14-5-1-2-6-17(14)20(18(15)13-16)19-7-3-4-12-22-19/h1-2,5-6,8-11,13,22H,3-4,7,12H2,(H,23,24). The monoisotopic (exact) mass is 317 g/mol. The lowest BCUT2D eigenvalue weighted by Crippen LogP contribution is -2.22. The van der Waals surface area contributed by atoms with E-state index in [0.29, 0.717) is 5.56 Å². The first-order valence-corrected chi connectivity index (χ1v) is 8.36. The molecule has 1 saturated heterocycles. The van der Waals surface area contributed by atoms with E-state index in [0.717, 1.165) is 36.1 Å². The Morgan fingerprint density at radius 1 is 0.958 bits per heavy atom. The van der Waals surface area contributed by atoms with Crippen LogP contribution in [0.3, 0.4) is 0 Å². The molecule has 0 unspecified atom stereocenters. The van der Waals surface area contributed by atoms with Gasteiger partial charge in [0, 0.05) is 17.8 Å². The summed E-state index contributed by atoms with van der Waals surface area (Å²) in [4.78, 5) is 11.5. The molecule has 0 spiro atoms. The number of piperidine rings is 1. The number of hydrogen-bond acceptors (Lipinski definition) is 2. The summed E-state index contributed by atoms with van der Waals surface area (Å²) in [6.45, 7) is 0.975. The minimum atomic E-state index is -0.889. The van der Waals surface area contributed by atoms with Crippen LogP contribution in [-0.2, 0) is 0 Å². The summed E-state index contributed by atoms with van der Waals surface area (Å²) in [7, 11) is 0. The van der Waals surface area contributed by atoms with Crippen LogP contribution in [0.15, 0.2) is 48.2 Å². The van der Waals surface area contributed by atoms with Crippen molar-refractivity contribution in [2.45, 2.75) is 19.3 Å². The molecular formula is C21H19NO2. The van der Waals surface area contributed by atoms with Gasteiger partial charge in [-0.2, -0.15) is 0 Å². The predicted octanol–water partition coefficient (Wildman–Crippen LogP) is 4.40. The second-order valence-electron chi connectivity index (χ2n) is 6.27. The van der Waals surface area contributed by atoms with Gasteiger partial charge >= 0.3 is 5.97 Å². The predicted molar refractivity (Wildman–Crippen MR) is 96.6 cm³/mol. The second kappa shape index (κ2) is 6.00. The Morgan fingerprint density at radius 2 is 1.75 bits per heavy atom. The summed E-state index contributed by atoms with van der Waals surface area (Å²) in [6.07, 6.45) is 7.54. The van der Waals surface area contributed by atoms with Crippen molar-refractivity contribution >= 4 is 23.7 Å². The zero-order chi connectivity index (χ0) is 16.5. The van der Waals surface area contributed by atoms with Crippen molar-refractivity contribution in [1.29, 1.82) is 0 Å². The fourth-order valence-corrected chi connectivity index (χ4v) is 3.54. The lowest BCUT2D eigenvalue weighted by atomic mass is 9.88. The number of hydrogen-bond donors (Lipinski definition) is 2. The molecule has 120 valence electrons. The van der Waals surface area contributed by atoms with Gasteiger partial charge in [0.2, 0.25) is 0 Å². The largest absolute Gasteiger partial charge is 0.478 e. The summed E-state index contributed by atoms with van der Waals surface area (Å²) in [6, 6.07) is 13.7. The number of aromatic carboxylic acids is 1. The number of allylic oxidation sites excluding steroid dienone is 1. The molecule has 0 aromatic heterocycles. The molecule has 1 aliphatic carbocycles. The van der Waals surface area contributed by atoms with Gasteiger partial charge in [-0.25, -0.2) is 4.79 Å². The van der Waals surface area contributed by atoms with E-state index in [1.807, 2.05) is 24.3 Å². The van der Waals surface area contributed by atoms with Crippen molar-refractivity contribution in [2.75, 3.05) is 6.54 Å². The van der Waals surface area contributed by atoms with Gasteiger partial charge in [0.05, 0.1) is 5.56 Å². The molecule has 2 N–H and O–H groups in total. The van der Waals surface area contributed by atoms with Crippen LogP contribution in [0.4, 0.5) is 0 Å². The zero-order valence-corrected chi connectivity index (χ0v) is 13.4. The molecule has 0 atom stereocenters. The van der Waals surface area contributed by atoms with Gasteiger partial charge in [-0.1, -0.05) is 42.5 Å². The number of benzene rings is 2. The van der Waals surface area contributed by atoms with E-state index in [1.54, 1.807) is 6.07 Å². The average molecular weight is 317 g/mol. The highest BCUT2D eigenvalue weighted by atomic mass is 16.4. The Morgan fingerprint density at radius 3 is 2.50 bits per heavy atom. The highest BCUT2D eigenvalue weighted by Gasteiger charge is 2.21. The molecule has 4 rings (SSSR count).